The molecule has 0 aliphatic carbocycles. The largest absolute Gasteiger partial charge is 0.326 e. The van der Waals surface area contributed by atoms with Crippen LogP contribution in [0.25, 0.3) is 10.9 Å². The van der Waals surface area contributed by atoms with E-state index in [1.165, 1.54) is 11.1 Å². The number of aromatic nitrogens is 1. The average Bonchev–Trinajstić information content (AvgIpc) is 2.81. The zero-order chi connectivity index (χ0) is 20.9. The van der Waals surface area contributed by atoms with Crippen LogP contribution in [-0.4, -0.2) is 63.2 Å². The fourth-order valence-electron chi connectivity index (χ4n) is 5.30. The van der Waals surface area contributed by atoms with E-state index in [-0.39, 0.29) is 23.9 Å². The first kappa shape index (κ1) is 18.5. The van der Waals surface area contributed by atoms with Gasteiger partial charge in [-0.25, -0.2) is 0 Å². The van der Waals surface area contributed by atoms with Crippen LogP contribution >= 0.6 is 0 Å². The topological polar surface area (TPSA) is 56.8 Å². The molecule has 3 aromatic rings. The molecular weight excluding hydrogens is 388 g/mol. The third kappa shape index (κ3) is 3.10. The van der Waals surface area contributed by atoms with Gasteiger partial charge in [-0.3, -0.25) is 19.5 Å². The predicted molar refractivity (Wildman–Crippen MR) is 117 cm³/mol. The first-order valence-electron chi connectivity index (χ1n) is 10.9. The minimum absolute atomic E-state index is 0.0894. The normalized spacial score (nSPS) is 23.5. The maximum atomic E-state index is 13.4. The standard InChI is InChI=1S/C25H24N4O2/c30-24-22-13-18-4-1-2-5-20(18)15-29(22)25(31)23-16-27(10-11-28(23)24)14-17-7-8-21-19(12-17)6-3-9-26-21/h1-9,12,22-23H,10-11,13-16H2. The Bertz CT molecular complexity index is 1190. The van der Waals surface area contributed by atoms with Gasteiger partial charge in [-0.1, -0.05) is 36.4 Å². The molecule has 3 aliphatic heterocycles. The van der Waals surface area contributed by atoms with E-state index >= 15 is 0 Å². The molecule has 0 radical (unpaired) electrons. The van der Waals surface area contributed by atoms with E-state index in [4.69, 9.17) is 0 Å². The maximum Gasteiger partial charge on any atom is 0.247 e. The average molecular weight is 412 g/mol. The number of nitrogens with zero attached hydrogens (tertiary/aromatic N) is 4. The van der Waals surface area contributed by atoms with Crippen molar-refractivity contribution >= 4 is 22.7 Å². The number of fused-ring (bicyclic) bond motifs is 4. The van der Waals surface area contributed by atoms with E-state index in [1.807, 2.05) is 34.1 Å². The van der Waals surface area contributed by atoms with Gasteiger partial charge in [-0.2, -0.15) is 0 Å². The van der Waals surface area contributed by atoms with E-state index in [1.54, 1.807) is 6.20 Å². The molecule has 2 amide bonds. The Kier molecular flexibility index (Phi) is 4.28. The summed E-state index contributed by atoms with van der Waals surface area (Å²) in [6.45, 7) is 3.27. The van der Waals surface area contributed by atoms with Gasteiger partial charge in [0.2, 0.25) is 11.8 Å². The van der Waals surface area contributed by atoms with Crippen molar-refractivity contribution in [1.29, 1.82) is 0 Å². The van der Waals surface area contributed by atoms with Crippen LogP contribution in [0.3, 0.4) is 0 Å². The lowest BCUT2D eigenvalue weighted by Gasteiger charge is -2.50. The Morgan fingerprint density at radius 2 is 1.71 bits per heavy atom. The Balaban J connectivity index is 1.22. The Labute approximate surface area is 181 Å². The Hall–Kier alpha value is -3.25. The summed E-state index contributed by atoms with van der Waals surface area (Å²) in [7, 11) is 0. The van der Waals surface area contributed by atoms with Crippen LogP contribution in [-0.2, 0) is 29.1 Å². The molecule has 0 N–H and O–H groups in total. The van der Waals surface area contributed by atoms with Crippen molar-refractivity contribution < 1.29 is 9.59 Å². The van der Waals surface area contributed by atoms with Gasteiger partial charge in [0.15, 0.2) is 0 Å². The summed E-state index contributed by atoms with van der Waals surface area (Å²) in [4.78, 5) is 37.0. The summed E-state index contributed by atoms with van der Waals surface area (Å²) >= 11 is 0. The Morgan fingerprint density at radius 1 is 0.871 bits per heavy atom. The molecule has 3 aliphatic rings. The van der Waals surface area contributed by atoms with Crippen molar-refractivity contribution in [2.24, 2.45) is 0 Å². The van der Waals surface area contributed by atoms with Crippen LogP contribution in [0.15, 0.2) is 60.8 Å². The van der Waals surface area contributed by atoms with Crippen LogP contribution in [0, 0.1) is 0 Å². The smallest absolute Gasteiger partial charge is 0.247 e. The molecule has 6 nitrogen and oxygen atoms in total. The van der Waals surface area contributed by atoms with Gasteiger partial charge >= 0.3 is 0 Å². The number of rotatable bonds is 2. The van der Waals surface area contributed by atoms with Crippen molar-refractivity contribution in [1.82, 2.24) is 19.7 Å². The van der Waals surface area contributed by atoms with Crippen molar-refractivity contribution in [3.05, 3.63) is 77.5 Å². The maximum absolute atomic E-state index is 13.4. The number of amides is 2. The van der Waals surface area contributed by atoms with Crippen LogP contribution in [0.2, 0.25) is 0 Å². The number of carbonyl (C=O) groups is 2. The number of piperazine rings is 2. The second-order valence-electron chi connectivity index (χ2n) is 8.77. The third-order valence-corrected chi connectivity index (χ3v) is 6.92. The SMILES string of the molecule is O=C1C2Cc3ccccc3CN2C(=O)C2CN(Cc3ccc4ncccc4c3)CCN12. The molecule has 0 bridgehead atoms. The van der Waals surface area contributed by atoms with Crippen LogP contribution in [0.5, 0.6) is 0 Å². The number of benzene rings is 2. The third-order valence-electron chi connectivity index (χ3n) is 6.92. The van der Waals surface area contributed by atoms with Crippen molar-refractivity contribution in [3.63, 3.8) is 0 Å². The van der Waals surface area contributed by atoms with E-state index in [0.717, 1.165) is 29.6 Å². The Morgan fingerprint density at radius 3 is 2.61 bits per heavy atom. The van der Waals surface area contributed by atoms with Crippen molar-refractivity contribution in [2.75, 3.05) is 19.6 Å². The van der Waals surface area contributed by atoms with Gasteiger partial charge in [-0.05, 0) is 34.9 Å². The second-order valence-corrected chi connectivity index (χ2v) is 8.77. The molecule has 156 valence electrons. The lowest BCUT2D eigenvalue weighted by Crippen LogP contribution is -2.70. The molecule has 2 unspecified atom stereocenters. The van der Waals surface area contributed by atoms with Gasteiger partial charge in [0.05, 0.1) is 5.52 Å². The molecule has 1 aromatic heterocycles. The fraction of sp³-hybridized carbons (Fsp3) is 0.320. The lowest BCUT2D eigenvalue weighted by atomic mass is 9.89. The zero-order valence-electron chi connectivity index (χ0n) is 17.3. The zero-order valence-corrected chi connectivity index (χ0v) is 17.3. The number of pyridine rings is 1. The van der Waals surface area contributed by atoms with Crippen LogP contribution in [0.1, 0.15) is 16.7 Å². The van der Waals surface area contributed by atoms with E-state index in [2.05, 4.69) is 40.2 Å². The fourth-order valence-corrected chi connectivity index (χ4v) is 5.30. The van der Waals surface area contributed by atoms with E-state index in [0.29, 0.717) is 26.1 Å². The minimum atomic E-state index is -0.384. The molecule has 2 saturated heterocycles. The van der Waals surface area contributed by atoms with Crippen molar-refractivity contribution in [2.45, 2.75) is 31.6 Å². The molecule has 0 spiro atoms. The molecule has 0 saturated carbocycles. The molecule has 2 fully saturated rings. The molecule has 2 aromatic carbocycles. The predicted octanol–water partition coefficient (Wildman–Crippen LogP) is 2.21. The quantitative estimate of drug-likeness (QED) is 0.648. The van der Waals surface area contributed by atoms with E-state index < -0.39 is 0 Å². The van der Waals surface area contributed by atoms with Gasteiger partial charge < -0.3 is 9.80 Å². The summed E-state index contributed by atoms with van der Waals surface area (Å²) < 4.78 is 0. The van der Waals surface area contributed by atoms with Gasteiger partial charge in [0, 0.05) is 50.7 Å². The van der Waals surface area contributed by atoms with Crippen molar-refractivity contribution in [3.8, 4) is 0 Å². The molecule has 31 heavy (non-hydrogen) atoms. The number of hydrogen-bond donors (Lipinski definition) is 0. The minimum Gasteiger partial charge on any atom is -0.326 e. The highest BCUT2D eigenvalue weighted by molar-refractivity contribution is 5.98. The summed E-state index contributed by atoms with van der Waals surface area (Å²) in [5.41, 5.74) is 4.53. The highest BCUT2D eigenvalue weighted by atomic mass is 16.2. The summed E-state index contributed by atoms with van der Waals surface area (Å²) in [5.74, 6) is 0.196. The van der Waals surface area contributed by atoms with Crippen LogP contribution < -0.4 is 0 Å². The first-order chi connectivity index (χ1) is 15.2. The summed E-state index contributed by atoms with van der Waals surface area (Å²) in [5, 5.41) is 1.12. The molecule has 4 heterocycles. The van der Waals surface area contributed by atoms with Gasteiger partial charge in [-0.15, -0.1) is 0 Å². The monoisotopic (exact) mass is 412 g/mol. The molecular formula is C25H24N4O2. The van der Waals surface area contributed by atoms with Gasteiger partial charge in [0.1, 0.15) is 12.1 Å². The highest BCUT2D eigenvalue weighted by Crippen LogP contribution is 2.31. The van der Waals surface area contributed by atoms with Gasteiger partial charge in [0.25, 0.3) is 0 Å². The molecule has 6 heteroatoms. The van der Waals surface area contributed by atoms with Crippen LogP contribution in [0.4, 0.5) is 0 Å². The summed E-state index contributed by atoms with van der Waals surface area (Å²) in [6.07, 6.45) is 2.43. The highest BCUT2D eigenvalue weighted by Gasteiger charge is 2.49. The molecule has 6 rings (SSSR count). The molecule has 2 atom stereocenters. The number of hydrogen-bond acceptors (Lipinski definition) is 4. The number of carbonyl (C=O) groups excluding carboxylic acids is 2. The van der Waals surface area contributed by atoms with E-state index in [9.17, 15) is 9.59 Å². The second kappa shape index (κ2) is 7.17. The first-order valence-corrected chi connectivity index (χ1v) is 10.9. The summed E-state index contributed by atoms with van der Waals surface area (Å²) in [6, 6.07) is 17.8. The lowest BCUT2D eigenvalue weighted by molar-refractivity contribution is -0.167.